The highest BCUT2D eigenvalue weighted by Gasteiger charge is 2.29. The lowest BCUT2D eigenvalue weighted by molar-refractivity contribution is 0.284. The van der Waals surface area contributed by atoms with E-state index in [2.05, 4.69) is 34.3 Å². The average molecular weight is 288 g/mol. The van der Waals surface area contributed by atoms with Crippen LogP contribution in [0.1, 0.15) is 50.0 Å². The molecule has 0 atom stereocenters. The highest BCUT2D eigenvalue weighted by Crippen LogP contribution is 2.38. The van der Waals surface area contributed by atoms with Crippen molar-refractivity contribution in [3.63, 3.8) is 0 Å². The molecule has 3 rings (SSSR count). The average Bonchev–Trinajstić information content (AvgIpc) is 3.23. The highest BCUT2D eigenvalue weighted by atomic mass is 16.5. The van der Waals surface area contributed by atoms with Crippen molar-refractivity contribution in [2.75, 3.05) is 0 Å². The first-order chi connectivity index (χ1) is 10.2. The fourth-order valence-corrected chi connectivity index (χ4v) is 1.88. The molecule has 0 spiro atoms. The fraction of sp³-hybridized carbons (Fsp3) is 0.533. The van der Waals surface area contributed by atoms with Crippen LogP contribution < -0.4 is 10.1 Å². The van der Waals surface area contributed by atoms with Crippen LogP contribution in [0.15, 0.2) is 22.9 Å². The monoisotopic (exact) mass is 288 g/mol. The van der Waals surface area contributed by atoms with Crippen molar-refractivity contribution in [3.05, 3.63) is 35.7 Å². The maximum Gasteiger partial charge on any atom is 0.229 e. The number of pyridine rings is 1. The van der Waals surface area contributed by atoms with E-state index >= 15 is 0 Å². The molecule has 1 fully saturated rings. The summed E-state index contributed by atoms with van der Waals surface area (Å²) in [6, 6.07) is 4.31. The maximum atomic E-state index is 5.62. The van der Waals surface area contributed by atoms with Crippen LogP contribution in [0.2, 0.25) is 0 Å². The largest absolute Gasteiger partial charge is 0.484 e. The molecule has 6 nitrogen and oxygen atoms in total. The van der Waals surface area contributed by atoms with Gasteiger partial charge in [0.25, 0.3) is 0 Å². The number of aromatic nitrogens is 3. The van der Waals surface area contributed by atoms with Gasteiger partial charge in [-0.25, -0.2) is 0 Å². The predicted molar refractivity (Wildman–Crippen MR) is 76.8 cm³/mol. The molecule has 1 aliphatic rings. The van der Waals surface area contributed by atoms with Gasteiger partial charge in [-0.2, -0.15) is 4.98 Å². The third-order valence-corrected chi connectivity index (χ3v) is 3.27. The second-order valence-electron chi connectivity index (χ2n) is 5.63. The molecule has 21 heavy (non-hydrogen) atoms. The summed E-state index contributed by atoms with van der Waals surface area (Å²) in [6.45, 7) is 5.28. The van der Waals surface area contributed by atoms with Crippen LogP contribution in [0.5, 0.6) is 5.75 Å². The molecule has 2 aromatic heterocycles. The van der Waals surface area contributed by atoms with Crippen LogP contribution >= 0.6 is 0 Å². The molecule has 2 heterocycles. The van der Waals surface area contributed by atoms with Crippen molar-refractivity contribution in [2.24, 2.45) is 0 Å². The summed E-state index contributed by atoms with van der Waals surface area (Å²) >= 11 is 0. The molecular formula is C15H20N4O2. The van der Waals surface area contributed by atoms with Crippen LogP contribution in [0.3, 0.4) is 0 Å². The minimum Gasteiger partial charge on any atom is -0.484 e. The van der Waals surface area contributed by atoms with E-state index in [-0.39, 0.29) is 0 Å². The normalized spacial score (nSPS) is 14.6. The van der Waals surface area contributed by atoms with Gasteiger partial charge in [0.15, 0.2) is 6.61 Å². The summed E-state index contributed by atoms with van der Waals surface area (Å²) in [5.74, 6) is 2.51. The number of ether oxygens (including phenoxy) is 1. The number of rotatable bonds is 7. The Morgan fingerprint density at radius 3 is 2.90 bits per heavy atom. The second kappa shape index (κ2) is 6.22. The molecule has 1 saturated carbocycles. The maximum absolute atomic E-state index is 5.62. The van der Waals surface area contributed by atoms with Crippen LogP contribution in [0, 0.1) is 0 Å². The number of hydrogen-bond acceptors (Lipinski definition) is 6. The van der Waals surface area contributed by atoms with Crippen LogP contribution in [0.25, 0.3) is 0 Å². The minimum absolute atomic E-state index is 0.307. The predicted octanol–water partition coefficient (Wildman–Crippen LogP) is 2.42. The van der Waals surface area contributed by atoms with Gasteiger partial charge in [-0.15, -0.1) is 0 Å². The molecule has 0 bridgehead atoms. The van der Waals surface area contributed by atoms with E-state index < -0.39 is 0 Å². The highest BCUT2D eigenvalue weighted by molar-refractivity contribution is 5.20. The standard InChI is InChI=1S/C15H20N4O2/c1-10(2)16-7-12-5-6-13(8-17-12)20-9-14-18-15(21-19-14)11-3-4-11/h5-6,8,10-11,16H,3-4,7,9H2,1-2H3. The molecule has 0 saturated heterocycles. The first-order valence-electron chi connectivity index (χ1n) is 7.34. The Morgan fingerprint density at radius 1 is 1.38 bits per heavy atom. The zero-order valence-electron chi connectivity index (χ0n) is 12.4. The molecule has 112 valence electrons. The molecule has 0 radical (unpaired) electrons. The quantitative estimate of drug-likeness (QED) is 0.843. The Hall–Kier alpha value is -1.95. The number of hydrogen-bond donors (Lipinski definition) is 1. The van der Waals surface area contributed by atoms with Gasteiger partial charge in [-0.05, 0) is 25.0 Å². The topological polar surface area (TPSA) is 73.1 Å². The van der Waals surface area contributed by atoms with Crippen LogP contribution in [0.4, 0.5) is 0 Å². The van der Waals surface area contributed by atoms with E-state index in [1.165, 1.54) is 0 Å². The zero-order chi connectivity index (χ0) is 14.7. The molecule has 0 aromatic carbocycles. The van der Waals surface area contributed by atoms with Gasteiger partial charge in [0, 0.05) is 18.5 Å². The van der Waals surface area contributed by atoms with Crippen LogP contribution in [-0.4, -0.2) is 21.2 Å². The van der Waals surface area contributed by atoms with Gasteiger partial charge in [0.1, 0.15) is 5.75 Å². The van der Waals surface area contributed by atoms with Crippen molar-refractivity contribution in [2.45, 2.75) is 51.8 Å². The van der Waals surface area contributed by atoms with Gasteiger partial charge in [-0.3, -0.25) is 4.98 Å². The van der Waals surface area contributed by atoms with Gasteiger partial charge >= 0.3 is 0 Å². The van der Waals surface area contributed by atoms with E-state index in [4.69, 9.17) is 9.26 Å². The third kappa shape index (κ3) is 4.01. The first kappa shape index (κ1) is 14.0. The Morgan fingerprint density at radius 2 is 2.24 bits per heavy atom. The fourth-order valence-electron chi connectivity index (χ4n) is 1.88. The molecule has 0 unspecified atom stereocenters. The van der Waals surface area contributed by atoms with Crippen LogP contribution in [-0.2, 0) is 13.2 Å². The molecule has 1 N–H and O–H groups in total. The lowest BCUT2D eigenvalue weighted by Crippen LogP contribution is -2.22. The van der Waals surface area contributed by atoms with E-state index in [1.807, 2.05) is 12.1 Å². The summed E-state index contributed by atoms with van der Waals surface area (Å²) in [5.41, 5.74) is 0.992. The molecular weight excluding hydrogens is 268 g/mol. The summed E-state index contributed by atoms with van der Waals surface area (Å²) in [5, 5.41) is 7.24. The van der Waals surface area contributed by atoms with Crippen molar-refractivity contribution in [3.8, 4) is 5.75 Å². The summed E-state index contributed by atoms with van der Waals surface area (Å²) in [4.78, 5) is 8.68. The van der Waals surface area contributed by atoms with E-state index in [0.717, 1.165) is 31.0 Å². The lowest BCUT2D eigenvalue weighted by atomic mass is 10.3. The molecule has 6 heteroatoms. The first-order valence-corrected chi connectivity index (χ1v) is 7.34. The zero-order valence-corrected chi connectivity index (χ0v) is 12.4. The van der Waals surface area contributed by atoms with Gasteiger partial charge in [0.05, 0.1) is 11.9 Å². The SMILES string of the molecule is CC(C)NCc1ccc(OCc2noc(C3CC3)n2)cn1. The van der Waals surface area contributed by atoms with Gasteiger partial charge in [0.2, 0.25) is 11.7 Å². The van der Waals surface area contributed by atoms with Gasteiger partial charge < -0.3 is 14.6 Å². The third-order valence-electron chi connectivity index (χ3n) is 3.27. The van der Waals surface area contributed by atoms with E-state index in [0.29, 0.717) is 30.1 Å². The number of nitrogens with one attached hydrogen (secondary N) is 1. The van der Waals surface area contributed by atoms with E-state index in [9.17, 15) is 0 Å². The Labute approximate surface area is 123 Å². The van der Waals surface area contributed by atoms with Crippen molar-refractivity contribution in [1.82, 2.24) is 20.4 Å². The van der Waals surface area contributed by atoms with Crippen molar-refractivity contribution < 1.29 is 9.26 Å². The van der Waals surface area contributed by atoms with Crippen molar-refractivity contribution >= 4 is 0 Å². The summed E-state index contributed by atoms with van der Waals surface area (Å²) in [7, 11) is 0. The molecule has 0 amide bonds. The summed E-state index contributed by atoms with van der Waals surface area (Å²) in [6.07, 6.45) is 4.02. The molecule has 2 aromatic rings. The Balaban J connectivity index is 1.50. The smallest absolute Gasteiger partial charge is 0.229 e. The van der Waals surface area contributed by atoms with E-state index in [1.54, 1.807) is 6.20 Å². The van der Waals surface area contributed by atoms with Crippen molar-refractivity contribution in [1.29, 1.82) is 0 Å². The summed E-state index contributed by atoms with van der Waals surface area (Å²) < 4.78 is 10.8. The number of nitrogens with zero attached hydrogens (tertiary/aromatic N) is 3. The van der Waals surface area contributed by atoms with Gasteiger partial charge in [-0.1, -0.05) is 19.0 Å². The lowest BCUT2D eigenvalue weighted by Gasteiger charge is -2.08. The molecule has 0 aliphatic heterocycles. The Kier molecular flexibility index (Phi) is 4.15. The molecule has 1 aliphatic carbocycles. The second-order valence-corrected chi connectivity index (χ2v) is 5.63. The Bertz CT molecular complexity index is 576. The minimum atomic E-state index is 0.307.